The molecule has 0 saturated heterocycles. The molecule has 2 amide bonds. The van der Waals surface area contributed by atoms with Crippen molar-refractivity contribution in [1.82, 2.24) is 10.6 Å². The topological polar surface area (TPSA) is 67.4 Å². The zero-order chi connectivity index (χ0) is 19.3. The maximum absolute atomic E-state index is 12.0. The van der Waals surface area contributed by atoms with Gasteiger partial charge in [-0.05, 0) is 52.4 Å². The zero-order valence-electron chi connectivity index (χ0n) is 16.8. The lowest BCUT2D eigenvalue weighted by atomic mass is 9.93. The van der Waals surface area contributed by atoms with Gasteiger partial charge in [0.15, 0.2) is 0 Å². The number of carbonyl (C=O) groups excluding carboxylic acids is 2. The lowest BCUT2D eigenvalue weighted by molar-refractivity contribution is -0.124. The van der Waals surface area contributed by atoms with Gasteiger partial charge in [0, 0.05) is 19.0 Å². The molecule has 0 bridgehead atoms. The van der Waals surface area contributed by atoms with Gasteiger partial charge in [-0.1, -0.05) is 32.8 Å². The van der Waals surface area contributed by atoms with Crippen LogP contribution in [0.1, 0.15) is 73.1 Å². The first-order valence-corrected chi connectivity index (χ1v) is 9.56. The molecule has 0 aromatic rings. The van der Waals surface area contributed by atoms with Crippen LogP contribution in [0.2, 0.25) is 0 Å². The summed E-state index contributed by atoms with van der Waals surface area (Å²) in [5.41, 5.74) is -0.456. The Bertz CT molecular complexity index is 402. The minimum Gasteiger partial charge on any atom is -0.444 e. The molecule has 0 radical (unpaired) electrons. The quantitative estimate of drug-likeness (QED) is 0.402. The van der Waals surface area contributed by atoms with Crippen molar-refractivity contribution in [1.29, 1.82) is 0 Å². The SMILES string of the molecule is C=CC(CC)CC(C)C(=O)NCCCCCCNC(=O)OC(C)(C)C. The highest BCUT2D eigenvalue weighted by molar-refractivity contribution is 5.78. The van der Waals surface area contributed by atoms with E-state index in [1.54, 1.807) is 0 Å². The van der Waals surface area contributed by atoms with E-state index in [1.807, 2.05) is 33.8 Å². The summed E-state index contributed by atoms with van der Waals surface area (Å²) in [6.07, 6.45) is 7.41. The van der Waals surface area contributed by atoms with Gasteiger partial charge in [0.05, 0.1) is 0 Å². The molecule has 0 heterocycles. The van der Waals surface area contributed by atoms with E-state index in [2.05, 4.69) is 24.1 Å². The normalized spacial score (nSPS) is 13.6. The molecule has 0 saturated carbocycles. The Morgan fingerprint density at radius 2 is 1.64 bits per heavy atom. The van der Waals surface area contributed by atoms with E-state index in [0.29, 0.717) is 19.0 Å². The summed E-state index contributed by atoms with van der Waals surface area (Å²) < 4.78 is 5.17. The summed E-state index contributed by atoms with van der Waals surface area (Å²) in [6.45, 7) is 14.8. The molecular weight excluding hydrogens is 316 g/mol. The van der Waals surface area contributed by atoms with E-state index < -0.39 is 5.60 Å². The van der Waals surface area contributed by atoms with E-state index in [4.69, 9.17) is 4.74 Å². The van der Waals surface area contributed by atoms with Gasteiger partial charge < -0.3 is 15.4 Å². The first kappa shape index (κ1) is 23.5. The highest BCUT2D eigenvalue weighted by Crippen LogP contribution is 2.16. The summed E-state index contributed by atoms with van der Waals surface area (Å²) in [6, 6.07) is 0. The second kappa shape index (κ2) is 12.8. The van der Waals surface area contributed by atoms with E-state index in [9.17, 15) is 9.59 Å². The van der Waals surface area contributed by atoms with Crippen molar-refractivity contribution in [3.05, 3.63) is 12.7 Å². The van der Waals surface area contributed by atoms with Gasteiger partial charge in [0.25, 0.3) is 0 Å². The highest BCUT2D eigenvalue weighted by Gasteiger charge is 2.16. The van der Waals surface area contributed by atoms with Crippen molar-refractivity contribution in [3.63, 3.8) is 0 Å². The first-order valence-electron chi connectivity index (χ1n) is 9.56. The third kappa shape index (κ3) is 13.4. The summed E-state index contributed by atoms with van der Waals surface area (Å²) in [5.74, 6) is 0.575. The first-order chi connectivity index (χ1) is 11.7. The highest BCUT2D eigenvalue weighted by atomic mass is 16.6. The Morgan fingerprint density at radius 1 is 1.08 bits per heavy atom. The maximum Gasteiger partial charge on any atom is 0.407 e. The van der Waals surface area contributed by atoms with Crippen molar-refractivity contribution < 1.29 is 14.3 Å². The Balaban J connectivity index is 3.62. The molecule has 0 spiro atoms. The molecule has 0 aromatic carbocycles. The fraction of sp³-hybridized carbons (Fsp3) is 0.800. The summed E-state index contributed by atoms with van der Waals surface area (Å²) in [5, 5.41) is 5.76. The second-order valence-electron chi connectivity index (χ2n) is 7.67. The molecule has 0 fully saturated rings. The predicted molar refractivity (Wildman–Crippen MR) is 103 cm³/mol. The lowest BCUT2D eigenvalue weighted by Gasteiger charge is -2.19. The van der Waals surface area contributed by atoms with Crippen molar-refractivity contribution in [2.75, 3.05) is 13.1 Å². The molecule has 25 heavy (non-hydrogen) atoms. The minimum absolute atomic E-state index is 0.0287. The molecule has 5 nitrogen and oxygen atoms in total. The number of alkyl carbamates (subject to hydrolysis) is 1. The van der Waals surface area contributed by atoms with Crippen LogP contribution in [-0.4, -0.2) is 30.7 Å². The second-order valence-corrected chi connectivity index (χ2v) is 7.67. The maximum atomic E-state index is 12.0. The minimum atomic E-state index is -0.456. The summed E-state index contributed by atoms with van der Waals surface area (Å²) in [4.78, 5) is 23.5. The van der Waals surface area contributed by atoms with Gasteiger partial charge in [0.2, 0.25) is 5.91 Å². The van der Waals surface area contributed by atoms with E-state index in [1.165, 1.54) is 0 Å². The number of rotatable bonds is 12. The van der Waals surface area contributed by atoms with E-state index in [0.717, 1.165) is 38.5 Å². The molecule has 2 N–H and O–H groups in total. The standard InChI is InChI=1S/C20H38N2O3/c1-7-17(8-2)15-16(3)18(23)21-13-11-9-10-12-14-22-19(24)25-20(4,5)6/h7,16-17H,1,8-15H2,2-6H3,(H,21,23)(H,22,24). The third-order valence-corrected chi connectivity index (χ3v) is 4.03. The lowest BCUT2D eigenvalue weighted by Crippen LogP contribution is -2.33. The van der Waals surface area contributed by atoms with Crippen LogP contribution in [0.3, 0.4) is 0 Å². The van der Waals surface area contributed by atoms with Crippen LogP contribution in [0.5, 0.6) is 0 Å². The van der Waals surface area contributed by atoms with E-state index in [-0.39, 0.29) is 17.9 Å². The summed E-state index contributed by atoms with van der Waals surface area (Å²) >= 11 is 0. The Kier molecular flexibility index (Phi) is 12.0. The monoisotopic (exact) mass is 354 g/mol. The fourth-order valence-corrected chi connectivity index (χ4v) is 2.48. The largest absolute Gasteiger partial charge is 0.444 e. The predicted octanol–water partition coefficient (Wildman–Crippen LogP) is 4.43. The van der Waals surface area contributed by atoms with Gasteiger partial charge in [-0.2, -0.15) is 0 Å². The van der Waals surface area contributed by atoms with Crippen LogP contribution < -0.4 is 10.6 Å². The molecule has 0 aliphatic heterocycles. The van der Waals surface area contributed by atoms with Gasteiger partial charge in [0.1, 0.15) is 5.60 Å². The number of carbonyl (C=O) groups is 2. The number of amides is 2. The Hall–Kier alpha value is -1.52. The van der Waals surface area contributed by atoms with Crippen molar-refractivity contribution >= 4 is 12.0 Å². The van der Waals surface area contributed by atoms with E-state index >= 15 is 0 Å². The molecule has 0 aliphatic carbocycles. The molecule has 2 unspecified atom stereocenters. The van der Waals surface area contributed by atoms with Crippen LogP contribution >= 0.6 is 0 Å². The Labute approximate surface area is 154 Å². The number of ether oxygens (including phenoxy) is 1. The molecule has 0 rings (SSSR count). The Morgan fingerprint density at radius 3 is 2.12 bits per heavy atom. The van der Waals surface area contributed by atoms with Crippen molar-refractivity contribution in [3.8, 4) is 0 Å². The third-order valence-electron chi connectivity index (χ3n) is 4.03. The van der Waals surface area contributed by atoms with Gasteiger partial charge in [-0.15, -0.1) is 6.58 Å². The molecule has 2 atom stereocenters. The van der Waals surface area contributed by atoms with Crippen LogP contribution in [-0.2, 0) is 9.53 Å². The number of hydrogen-bond donors (Lipinski definition) is 2. The smallest absolute Gasteiger partial charge is 0.407 e. The van der Waals surface area contributed by atoms with Gasteiger partial charge in [-0.25, -0.2) is 4.79 Å². The number of allylic oxidation sites excluding steroid dienone is 1. The number of nitrogens with one attached hydrogen (secondary N) is 2. The van der Waals surface area contributed by atoms with Crippen LogP contribution in [0.4, 0.5) is 4.79 Å². The van der Waals surface area contributed by atoms with Gasteiger partial charge in [-0.3, -0.25) is 4.79 Å². The molecular formula is C20H38N2O3. The molecule has 0 aromatic heterocycles. The average molecular weight is 355 g/mol. The van der Waals surface area contributed by atoms with Crippen LogP contribution in [0.15, 0.2) is 12.7 Å². The van der Waals surface area contributed by atoms with Gasteiger partial charge >= 0.3 is 6.09 Å². The van der Waals surface area contributed by atoms with Crippen LogP contribution in [0.25, 0.3) is 0 Å². The molecule has 0 aliphatic rings. The number of hydrogen-bond acceptors (Lipinski definition) is 3. The van der Waals surface area contributed by atoms with Crippen LogP contribution in [0, 0.1) is 11.8 Å². The average Bonchev–Trinajstić information content (AvgIpc) is 2.52. The van der Waals surface area contributed by atoms with Crippen molar-refractivity contribution in [2.24, 2.45) is 11.8 Å². The number of unbranched alkanes of at least 4 members (excludes halogenated alkanes) is 3. The molecule has 5 heteroatoms. The summed E-state index contributed by atoms with van der Waals surface area (Å²) in [7, 11) is 0. The molecule has 146 valence electrons. The zero-order valence-corrected chi connectivity index (χ0v) is 16.8. The fourth-order valence-electron chi connectivity index (χ4n) is 2.48. The van der Waals surface area contributed by atoms with Crippen molar-refractivity contribution in [2.45, 2.75) is 78.7 Å².